The zero-order valence-electron chi connectivity index (χ0n) is 8.69. The Morgan fingerprint density at radius 2 is 2.21 bits per heavy atom. The molecule has 0 amide bonds. The molecular weight excluding hydrogens is 176 g/mol. The highest BCUT2D eigenvalue weighted by molar-refractivity contribution is 5.82. The van der Waals surface area contributed by atoms with Gasteiger partial charge in [0.05, 0.1) is 6.26 Å². The molecule has 1 aliphatic carbocycles. The van der Waals surface area contributed by atoms with Gasteiger partial charge in [-0.15, -0.1) is 0 Å². The fourth-order valence-corrected chi connectivity index (χ4v) is 2.40. The third kappa shape index (κ3) is 1.61. The van der Waals surface area contributed by atoms with Crippen molar-refractivity contribution < 1.29 is 9.21 Å². The standard InChI is InChI=1S/C12H16O2/c1-8(2)10-6-9(13)7-11(10)12-4-3-5-14-12/h3-5,8,10-11H,6-7H2,1-2H3/t10-,11-/m0/s1. The van der Waals surface area contributed by atoms with E-state index in [0.717, 1.165) is 12.2 Å². The van der Waals surface area contributed by atoms with Gasteiger partial charge in [-0.2, -0.15) is 0 Å². The first kappa shape index (κ1) is 9.50. The lowest BCUT2D eigenvalue weighted by Gasteiger charge is -2.20. The van der Waals surface area contributed by atoms with Crippen LogP contribution in [0.3, 0.4) is 0 Å². The van der Waals surface area contributed by atoms with Crippen molar-refractivity contribution in [3.05, 3.63) is 24.2 Å². The topological polar surface area (TPSA) is 30.2 Å². The fourth-order valence-electron chi connectivity index (χ4n) is 2.40. The first-order chi connectivity index (χ1) is 6.68. The normalized spacial score (nSPS) is 27.5. The molecule has 0 aliphatic heterocycles. The Morgan fingerprint density at radius 1 is 1.43 bits per heavy atom. The number of Topliss-reactive ketones (excluding diaryl/α,β-unsaturated/α-hetero) is 1. The Bertz CT molecular complexity index is 311. The Hall–Kier alpha value is -1.05. The van der Waals surface area contributed by atoms with Crippen molar-refractivity contribution >= 4 is 5.78 Å². The van der Waals surface area contributed by atoms with Crippen LogP contribution in [0, 0.1) is 11.8 Å². The maximum atomic E-state index is 11.4. The van der Waals surface area contributed by atoms with E-state index < -0.39 is 0 Å². The molecule has 0 N–H and O–H groups in total. The highest BCUT2D eigenvalue weighted by Gasteiger charge is 2.37. The average Bonchev–Trinajstić information content (AvgIpc) is 2.70. The molecule has 2 rings (SSSR count). The summed E-state index contributed by atoms with van der Waals surface area (Å²) in [4.78, 5) is 11.4. The summed E-state index contributed by atoms with van der Waals surface area (Å²) in [5, 5.41) is 0. The number of hydrogen-bond donors (Lipinski definition) is 0. The molecule has 0 unspecified atom stereocenters. The zero-order valence-corrected chi connectivity index (χ0v) is 8.69. The maximum Gasteiger partial charge on any atom is 0.133 e. The van der Waals surface area contributed by atoms with E-state index in [0.29, 0.717) is 30.0 Å². The fraction of sp³-hybridized carbons (Fsp3) is 0.583. The first-order valence-corrected chi connectivity index (χ1v) is 5.23. The molecule has 76 valence electrons. The number of furan rings is 1. The lowest BCUT2D eigenvalue weighted by Crippen LogP contribution is -2.12. The van der Waals surface area contributed by atoms with Gasteiger partial charge in [0.2, 0.25) is 0 Å². The van der Waals surface area contributed by atoms with Crippen molar-refractivity contribution in [2.45, 2.75) is 32.6 Å². The van der Waals surface area contributed by atoms with E-state index in [1.165, 1.54) is 0 Å². The Kier molecular flexibility index (Phi) is 2.44. The monoisotopic (exact) mass is 192 g/mol. The molecule has 0 aromatic carbocycles. The lowest BCUT2D eigenvalue weighted by atomic mass is 9.85. The molecule has 2 nitrogen and oxygen atoms in total. The Morgan fingerprint density at radius 3 is 2.79 bits per heavy atom. The van der Waals surface area contributed by atoms with Gasteiger partial charge in [0.1, 0.15) is 11.5 Å². The second kappa shape index (κ2) is 3.60. The van der Waals surface area contributed by atoms with E-state index >= 15 is 0 Å². The molecule has 2 heteroatoms. The molecule has 14 heavy (non-hydrogen) atoms. The highest BCUT2D eigenvalue weighted by atomic mass is 16.3. The molecule has 1 heterocycles. The van der Waals surface area contributed by atoms with Crippen molar-refractivity contribution in [2.75, 3.05) is 0 Å². The predicted molar refractivity (Wildman–Crippen MR) is 54.0 cm³/mol. The van der Waals surface area contributed by atoms with Crippen LogP contribution in [0.4, 0.5) is 0 Å². The zero-order chi connectivity index (χ0) is 10.1. The molecular formula is C12H16O2. The van der Waals surface area contributed by atoms with Crippen LogP contribution in [0.15, 0.2) is 22.8 Å². The van der Waals surface area contributed by atoms with Gasteiger partial charge in [-0.25, -0.2) is 0 Å². The smallest absolute Gasteiger partial charge is 0.133 e. The van der Waals surface area contributed by atoms with Crippen LogP contribution in [0.2, 0.25) is 0 Å². The molecule has 0 bridgehead atoms. The second-order valence-corrected chi connectivity index (χ2v) is 4.48. The molecule has 1 fully saturated rings. The maximum absolute atomic E-state index is 11.4. The van der Waals surface area contributed by atoms with Crippen molar-refractivity contribution in [3.8, 4) is 0 Å². The third-order valence-electron chi connectivity index (χ3n) is 3.19. The molecule has 1 saturated carbocycles. The minimum absolute atomic E-state index is 0.317. The van der Waals surface area contributed by atoms with Crippen LogP contribution in [-0.2, 0) is 4.79 Å². The molecule has 2 atom stereocenters. The molecule has 0 radical (unpaired) electrons. The van der Waals surface area contributed by atoms with Gasteiger partial charge in [0.15, 0.2) is 0 Å². The summed E-state index contributed by atoms with van der Waals surface area (Å²) < 4.78 is 5.39. The largest absolute Gasteiger partial charge is 0.469 e. The van der Waals surface area contributed by atoms with Crippen LogP contribution in [0.25, 0.3) is 0 Å². The number of ketones is 1. The van der Waals surface area contributed by atoms with Crippen molar-refractivity contribution in [3.63, 3.8) is 0 Å². The van der Waals surface area contributed by atoms with Crippen LogP contribution < -0.4 is 0 Å². The van der Waals surface area contributed by atoms with Crippen LogP contribution in [0.5, 0.6) is 0 Å². The minimum atomic E-state index is 0.317. The SMILES string of the molecule is CC(C)[C@@H]1CC(=O)C[C@@H]1c1ccco1. The molecule has 0 saturated heterocycles. The van der Waals surface area contributed by atoms with Gasteiger partial charge >= 0.3 is 0 Å². The van der Waals surface area contributed by atoms with Crippen molar-refractivity contribution in [1.29, 1.82) is 0 Å². The van der Waals surface area contributed by atoms with Crippen LogP contribution in [0.1, 0.15) is 38.4 Å². The van der Waals surface area contributed by atoms with Crippen LogP contribution >= 0.6 is 0 Å². The second-order valence-electron chi connectivity index (χ2n) is 4.48. The number of hydrogen-bond acceptors (Lipinski definition) is 2. The number of carbonyl (C=O) groups excluding carboxylic acids is 1. The van der Waals surface area contributed by atoms with Gasteiger partial charge in [-0.05, 0) is 24.0 Å². The lowest BCUT2D eigenvalue weighted by molar-refractivity contribution is -0.117. The molecule has 1 aromatic heterocycles. The summed E-state index contributed by atoms with van der Waals surface area (Å²) in [6.07, 6.45) is 3.08. The average molecular weight is 192 g/mol. The quantitative estimate of drug-likeness (QED) is 0.721. The summed E-state index contributed by atoms with van der Waals surface area (Å²) in [6, 6.07) is 3.88. The summed E-state index contributed by atoms with van der Waals surface area (Å²) >= 11 is 0. The highest BCUT2D eigenvalue weighted by Crippen LogP contribution is 2.41. The summed E-state index contributed by atoms with van der Waals surface area (Å²) in [5.74, 6) is 2.70. The number of rotatable bonds is 2. The summed E-state index contributed by atoms with van der Waals surface area (Å²) in [6.45, 7) is 4.36. The van der Waals surface area contributed by atoms with E-state index in [2.05, 4.69) is 13.8 Å². The third-order valence-corrected chi connectivity index (χ3v) is 3.19. The molecule has 1 aromatic rings. The van der Waals surface area contributed by atoms with Gasteiger partial charge in [-0.1, -0.05) is 13.8 Å². The molecule has 0 spiro atoms. The van der Waals surface area contributed by atoms with Gasteiger partial charge < -0.3 is 4.42 Å². The van der Waals surface area contributed by atoms with Gasteiger partial charge in [-0.3, -0.25) is 4.79 Å². The Labute approximate surface area is 84.3 Å². The van der Waals surface area contributed by atoms with E-state index in [9.17, 15) is 4.79 Å². The predicted octanol–water partition coefficient (Wildman–Crippen LogP) is 3.00. The van der Waals surface area contributed by atoms with Crippen molar-refractivity contribution in [1.82, 2.24) is 0 Å². The van der Waals surface area contributed by atoms with Crippen molar-refractivity contribution in [2.24, 2.45) is 11.8 Å². The number of carbonyl (C=O) groups is 1. The molecule has 1 aliphatic rings. The van der Waals surface area contributed by atoms with E-state index in [4.69, 9.17) is 4.42 Å². The van der Waals surface area contributed by atoms with E-state index in [1.54, 1.807) is 6.26 Å². The van der Waals surface area contributed by atoms with E-state index in [1.807, 2.05) is 12.1 Å². The van der Waals surface area contributed by atoms with Gasteiger partial charge in [0, 0.05) is 18.8 Å². The summed E-state index contributed by atoms with van der Waals surface area (Å²) in [5.41, 5.74) is 0. The summed E-state index contributed by atoms with van der Waals surface area (Å²) in [7, 11) is 0. The Balaban J connectivity index is 2.21. The first-order valence-electron chi connectivity index (χ1n) is 5.23. The van der Waals surface area contributed by atoms with Crippen LogP contribution in [-0.4, -0.2) is 5.78 Å². The minimum Gasteiger partial charge on any atom is -0.469 e. The van der Waals surface area contributed by atoms with E-state index in [-0.39, 0.29) is 0 Å². The van der Waals surface area contributed by atoms with Gasteiger partial charge in [0.25, 0.3) is 0 Å².